The Morgan fingerprint density at radius 1 is 0.824 bits per heavy atom. The SMILES string of the molecule is c1ccc2c(c1)CCc1c-2oc2c1CCCC2. The summed E-state index contributed by atoms with van der Waals surface area (Å²) in [5.41, 5.74) is 5.84. The van der Waals surface area contributed by atoms with E-state index in [1.165, 1.54) is 60.3 Å². The molecule has 4 rings (SSSR count). The Kier molecular flexibility index (Phi) is 1.96. The van der Waals surface area contributed by atoms with Crippen molar-refractivity contribution in [2.24, 2.45) is 0 Å². The number of fused-ring (bicyclic) bond motifs is 5. The van der Waals surface area contributed by atoms with Crippen molar-refractivity contribution in [1.29, 1.82) is 0 Å². The van der Waals surface area contributed by atoms with Crippen LogP contribution in [-0.2, 0) is 25.7 Å². The Bertz CT molecular complexity index is 577. The number of hydrogen-bond acceptors (Lipinski definition) is 1. The van der Waals surface area contributed by atoms with Crippen molar-refractivity contribution in [3.05, 3.63) is 46.7 Å². The van der Waals surface area contributed by atoms with Crippen molar-refractivity contribution in [2.45, 2.75) is 38.5 Å². The van der Waals surface area contributed by atoms with Crippen LogP contribution in [0.5, 0.6) is 0 Å². The van der Waals surface area contributed by atoms with Crippen molar-refractivity contribution >= 4 is 0 Å². The first-order valence-corrected chi connectivity index (χ1v) is 6.65. The third kappa shape index (κ3) is 1.32. The fourth-order valence-corrected chi connectivity index (χ4v) is 3.33. The molecule has 0 aliphatic heterocycles. The van der Waals surface area contributed by atoms with Gasteiger partial charge in [-0.1, -0.05) is 24.3 Å². The number of furan rings is 1. The number of benzene rings is 1. The highest BCUT2D eigenvalue weighted by Gasteiger charge is 2.26. The molecule has 2 aromatic rings. The normalized spacial score (nSPS) is 17.2. The molecule has 0 spiro atoms. The largest absolute Gasteiger partial charge is 0.460 e. The van der Waals surface area contributed by atoms with E-state index in [4.69, 9.17) is 4.42 Å². The van der Waals surface area contributed by atoms with Gasteiger partial charge in [-0.2, -0.15) is 0 Å². The van der Waals surface area contributed by atoms with E-state index in [-0.39, 0.29) is 0 Å². The van der Waals surface area contributed by atoms with Crippen LogP contribution in [0.4, 0.5) is 0 Å². The third-order valence-corrected chi connectivity index (χ3v) is 4.19. The van der Waals surface area contributed by atoms with Crippen molar-refractivity contribution in [1.82, 2.24) is 0 Å². The molecule has 1 aromatic heterocycles. The van der Waals surface area contributed by atoms with Gasteiger partial charge in [-0.3, -0.25) is 0 Å². The Labute approximate surface area is 101 Å². The van der Waals surface area contributed by atoms with E-state index in [0.29, 0.717) is 0 Å². The molecule has 86 valence electrons. The maximum Gasteiger partial charge on any atom is 0.138 e. The number of hydrogen-bond donors (Lipinski definition) is 0. The number of aryl methyl sites for hydroxylation is 2. The minimum Gasteiger partial charge on any atom is -0.460 e. The first-order chi connectivity index (χ1) is 8.43. The van der Waals surface area contributed by atoms with Crippen LogP contribution in [0, 0.1) is 0 Å². The van der Waals surface area contributed by atoms with E-state index < -0.39 is 0 Å². The second kappa shape index (κ2) is 3.49. The standard InChI is InChI=1S/C16H16O/c1-2-6-12-11(5-1)9-10-14-13-7-3-4-8-15(13)17-16(12)14/h1-2,5-6H,3-4,7-10H2. The van der Waals surface area contributed by atoms with Gasteiger partial charge >= 0.3 is 0 Å². The van der Waals surface area contributed by atoms with Crippen molar-refractivity contribution in [3.8, 4) is 11.3 Å². The second-order valence-corrected chi connectivity index (χ2v) is 5.18. The maximum atomic E-state index is 6.15. The van der Waals surface area contributed by atoms with Crippen LogP contribution in [0.15, 0.2) is 28.7 Å². The highest BCUT2D eigenvalue weighted by molar-refractivity contribution is 5.70. The molecule has 0 atom stereocenters. The van der Waals surface area contributed by atoms with Gasteiger partial charge in [0.2, 0.25) is 0 Å². The minimum absolute atomic E-state index is 1.14. The summed E-state index contributed by atoms with van der Waals surface area (Å²) < 4.78 is 6.15. The molecular weight excluding hydrogens is 208 g/mol. The van der Waals surface area contributed by atoms with E-state index in [9.17, 15) is 0 Å². The van der Waals surface area contributed by atoms with Crippen LogP contribution in [0.1, 0.15) is 35.3 Å². The van der Waals surface area contributed by atoms with E-state index in [1.54, 1.807) is 5.56 Å². The van der Waals surface area contributed by atoms with Gasteiger partial charge in [-0.15, -0.1) is 0 Å². The lowest BCUT2D eigenvalue weighted by atomic mass is 9.86. The zero-order valence-corrected chi connectivity index (χ0v) is 9.96. The summed E-state index contributed by atoms with van der Waals surface area (Å²) in [6, 6.07) is 8.70. The van der Waals surface area contributed by atoms with E-state index >= 15 is 0 Å². The monoisotopic (exact) mass is 224 g/mol. The fraction of sp³-hybridized carbons (Fsp3) is 0.375. The lowest BCUT2D eigenvalue weighted by molar-refractivity contribution is 0.486. The molecule has 1 aromatic carbocycles. The molecule has 0 radical (unpaired) electrons. The van der Waals surface area contributed by atoms with Gasteiger partial charge in [0.25, 0.3) is 0 Å². The van der Waals surface area contributed by atoms with Gasteiger partial charge < -0.3 is 4.42 Å². The summed E-state index contributed by atoms with van der Waals surface area (Å²) in [4.78, 5) is 0. The first kappa shape index (κ1) is 9.52. The maximum absolute atomic E-state index is 6.15. The molecule has 1 heterocycles. The van der Waals surface area contributed by atoms with Crippen molar-refractivity contribution in [2.75, 3.05) is 0 Å². The van der Waals surface area contributed by atoms with Crippen molar-refractivity contribution < 1.29 is 4.42 Å². The average molecular weight is 224 g/mol. The molecule has 2 aliphatic carbocycles. The molecule has 0 fully saturated rings. The highest BCUT2D eigenvalue weighted by atomic mass is 16.3. The minimum atomic E-state index is 1.14. The summed E-state index contributed by atoms with van der Waals surface area (Å²) in [6.07, 6.45) is 7.35. The third-order valence-electron chi connectivity index (χ3n) is 4.19. The summed E-state index contributed by atoms with van der Waals surface area (Å²) in [5, 5.41) is 0. The summed E-state index contributed by atoms with van der Waals surface area (Å²) in [7, 11) is 0. The summed E-state index contributed by atoms with van der Waals surface area (Å²) in [5.74, 6) is 2.46. The molecule has 17 heavy (non-hydrogen) atoms. The van der Waals surface area contributed by atoms with E-state index in [2.05, 4.69) is 24.3 Å². The Balaban J connectivity index is 1.96. The molecule has 0 saturated heterocycles. The average Bonchev–Trinajstić information content (AvgIpc) is 2.78. The van der Waals surface area contributed by atoms with Crippen LogP contribution in [0.25, 0.3) is 11.3 Å². The molecular formula is C16H16O. The van der Waals surface area contributed by atoms with Gasteiger partial charge in [0.1, 0.15) is 11.5 Å². The topological polar surface area (TPSA) is 13.1 Å². The molecule has 0 amide bonds. The highest BCUT2D eigenvalue weighted by Crippen LogP contribution is 2.40. The van der Waals surface area contributed by atoms with Gasteiger partial charge in [-0.05, 0) is 43.2 Å². The molecule has 0 saturated carbocycles. The fourth-order valence-electron chi connectivity index (χ4n) is 3.33. The molecule has 1 heteroatoms. The van der Waals surface area contributed by atoms with Crippen LogP contribution in [-0.4, -0.2) is 0 Å². The van der Waals surface area contributed by atoms with Crippen LogP contribution < -0.4 is 0 Å². The quantitative estimate of drug-likeness (QED) is 0.661. The smallest absolute Gasteiger partial charge is 0.138 e. The van der Waals surface area contributed by atoms with Gasteiger partial charge in [0, 0.05) is 17.5 Å². The predicted molar refractivity (Wildman–Crippen MR) is 68.2 cm³/mol. The van der Waals surface area contributed by atoms with Crippen LogP contribution >= 0.6 is 0 Å². The van der Waals surface area contributed by atoms with Gasteiger partial charge in [-0.25, -0.2) is 0 Å². The number of rotatable bonds is 0. The zero-order valence-electron chi connectivity index (χ0n) is 9.96. The van der Waals surface area contributed by atoms with Gasteiger partial charge in [0.05, 0.1) is 0 Å². The van der Waals surface area contributed by atoms with Crippen LogP contribution in [0.3, 0.4) is 0 Å². The first-order valence-electron chi connectivity index (χ1n) is 6.65. The van der Waals surface area contributed by atoms with E-state index in [1.807, 2.05) is 0 Å². The second-order valence-electron chi connectivity index (χ2n) is 5.18. The molecule has 1 nitrogen and oxygen atoms in total. The molecule has 0 unspecified atom stereocenters. The van der Waals surface area contributed by atoms with Gasteiger partial charge in [0.15, 0.2) is 0 Å². The Morgan fingerprint density at radius 2 is 1.71 bits per heavy atom. The lowest BCUT2D eigenvalue weighted by Gasteiger charge is -2.16. The summed E-state index contributed by atoms with van der Waals surface area (Å²) in [6.45, 7) is 0. The predicted octanol–water partition coefficient (Wildman–Crippen LogP) is 3.92. The Hall–Kier alpha value is -1.50. The Morgan fingerprint density at radius 3 is 2.71 bits per heavy atom. The molecule has 2 aliphatic rings. The van der Waals surface area contributed by atoms with Crippen molar-refractivity contribution in [3.63, 3.8) is 0 Å². The van der Waals surface area contributed by atoms with Crippen LogP contribution in [0.2, 0.25) is 0 Å². The lowest BCUT2D eigenvalue weighted by Crippen LogP contribution is -2.05. The summed E-state index contributed by atoms with van der Waals surface area (Å²) >= 11 is 0. The molecule has 0 N–H and O–H groups in total. The molecule has 0 bridgehead atoms. The zero-order chi connectivity index (χ0) is 11.2. The van der Waals surface area contributed by atoms with E-state index in [0.717, 1.165) is 6.42 Å².